The van der Waals surface area contributed by atoms with Crippen LogP contribution in [0.1, 0.15) is 27.9 Å². The molecule has 1 heterocycles. The van der Waals surface area contributed by atoms with Gasteiger partial charge >= 0.3 is 5.97 Å². The lowest BCUT2D eigenvalue weighted by Crippen LogP contribution is -2.41. The Morgan fingerprint density at radius 3 is 2.41 bits per heavy atom. The number of para-hydroxylation sites is 1. The van der Waals surface area contributed by atoms with Crippen molar-refractivity contribution in [2.24, 2.45) is 0 Å². The molecule has 6 nitrogen and oxygen atoms in total. The minimum atomic E-state index is -0.781. The Balaban J connectivity index is 1.75. The van der Waals surface area contributed by atoms with Crippen molar-refractivity contribution in [3.63, 3.8) is 0 Å². The van der Waals surface area contributed by atoms with Crippen LogP contribution in [0.4, 0.5) is 10.1 Å². The summed E-state index contributed by atoms with van der Waals surface area (Å²) in [6, 6.07) is 17.4. The highest BCUT2D eigenvalue weighted by atomic mass is 19.1. The van der Waals surface area contributed by atoms with E-state index in [4.69, 9.17) is 9.47 Å². The number of carbonyl (C=O) groups is 3. The van der Waals surface area contributed by atoms with E-state index in [1.165, 1.54) is 25.3 Å². The Morgan fingerprint density at radius 1 is 0.969 bits per heavy atom. The predicted octanol–water partition coefficient (Wildman–Crippen LogP) is 4.10. The average Bonchev–Trinajstić information content (AvgIpc) is 2.79. The maximum Gasteiger partial charge on any atom is 0.315 e. The molecule has 2 amide bonds. The van der Waals surface area contributed by atoms with Gasteiger partial charge in [0.05, 0.1) is 24.8 Å². The number of benzene rings is 3. The zero-order valence-electron chi connectivity index (χ0n) is 17.3. The lowest BCUT2D eigenvalue weighted by molar-refractivity contribution is -0.133. The molecule has 7 heteroatoms. The maximum absolute atomic E-state index is 14.3. The van der Waals surface area contributed by atoms with Crippen molar-refractivity contribution in [1.82, 2.24) is 0 Å². The molecule has 0 saturated heterocycles. The average molecular weight is 433 g/mol. The van der Waals surface area contributed by atoms with Crippen LogP contribution in [-0.4, -0.2) is 24.9 Å². The number of hydrogen-bond donors (Lipinski definition) is 0. The highest BCUT2D eigenvalue weighted by molar-refractivity contribution is 6.22. The quantitative estimate of drug-likeness (QED) is 0.344. The zero-order valence-corrected chi connectivity index (χ0v) is 17.3. The van der Waals surface area contributed by atoms with Crippen LogP contribution in [0.25, 0.3) is 0 Å². The lowest BCUT2D eigenvalue weighted by atomic mass is 9.94. The number of nitrogens with zero attached hydrogens (tertiary/aromatic N) is 1. The molecule has 162 valence electrons. The molecule has 0 atom stereocenters. The molecular weight excluding hydrogens is 413 g/mol. The molecule has 1 aliphatic heterocycles. The molecule has 0 saturated carbocycles. The highest BCUT2D eigenvalue weighted by Crippen LogP contribution is 2.37. The molecular formula is C25H20FNO5. The summed E-state index contributed by atoms with van der Waals surface area (Å²) in [6.07, 6.45) is 0.240. The van der Waals surface area contributed by atoms with Gasteiger partial charge in [0, 0.05) is 6.42 Å². The third-order valence-electron chi connectivity index (χ3n) is 5.18. The van der Waals surface area contributed by atoms with Gasteiger partial charge in [0.15, 0.2) is 0 Å². The van der Waals surface area contributed by atoms with Crippen molar-refractivity contribution in [3.8, 4) is 11.5 Å². The summed E-state index contributed by atoms with van der Waals surface area (Å²) < 4.78 is 25.0. The minimum Gasteiger partial charge on any atom is -0.497 e. The Labute approximate surface area is 184 Å². The molecule has 3 aromatic carbocycles. The van der Waals surface area contributed by atoms with Crippen LogP contribution < -0.4 is 14.4 Å². The van der Waals surface area contributed by atoms with Gasteiger partial charge in [-0.15, -0.1) is 0 Å². The molecule has 0 radical (unpaired) electrons. The van der Waals surface area contributed by atoms with Crippen molar-refractivity contribution in [2.75, 3.05) is 12.0 Å². The first kappa shape index (κ1) is 21.2. The molecule has 4 rings (SSSR count). The zero-order chi connectivity index (χ0) is 22.7. The smallest absolute Gasteiger partial charge is 0.315 e. The summed E-state index contributed by atoms with van der Waals surface area (Å²) in [5.74, 6) is -1.67. The third kappa shape index (κ3) is 4.23. The van der Waals surface area contributed by atoms with E-state index in [1.54, 1.807) is 42.5 Å². The van der Waals surface area contributed by atoms with Gasteiger partial charge in [0.25, 0.3) is 5.91 Å². The van der Waals surface area contributed by atoms with Gasteiger partial charge in [-0.3, -0.25) is 14.4 Å². The maximum atomic E-state index is 14.3. The van der Waals surface area contributed by atoms with Crippen LogP contribution in [0.2, 0.25) is 0 Å². The summed E-state index contributed by atoms with van der Waals surface area (Å²) in [7, 11) is 1.49. The molecule has 0 fully saturated rings. The second-order valence-corrected chi connectivity index (χ2v) is 7.27. The van der Waals surface area contributed by atoms with Crippen molar-refractivity contribution in [1.29, 1.82) is 0 Å². The number of aryl methyl sites for hydroxylation is 1. The fraction of sp³-hybridized carbons (Fsp3) is 0.160. The van der Waals surface area contributed by atoms with Crippen LogP contribution >= 0.6 is 0 Å². The van der Waals surface area contributed by atoms with Gasteiger partial charge in [-0.2, -0.15) is 0 Å². The van der Waals surface area contributed by atoms with Gasteiger partial charge in [0.2, 0.25) is 5.91 Å². The summed E-state index contributed by atoms with van der Waals surface area (Å²) in [5.41, 5.74) is 1.11. The summed E-state index contributed by atoms with van der Waals surface area (Å²) >= 11 is 0. The largest absolute Gasteiger partial charge is 0.497 e. The van der Waals surface area contributed by atoms with Crippen molar-refractivity contribution >= 4 is 23.5 Å². The Hall–Kier alpha value is -4.00. The second-order valence-electron chi connectivity index (χ2n) is 7.27. The normalized spacial score (nSPS) is 12.8. The number of imide groups is 1. The minimum absolute atomic E-state index is 0.0776. The predicted molar refractivity (Wildman–Crippen MR) is 115 cm³/mol. The first-order chi connectivity index (χ1) is 15.5. The van der Waals surface area contributed by atoms with Crippen LogP contribution in [0, 0.1) is 5.82 Å². The number of methoxy groups -OCH3 is 1. The van der Waals surface area contributed by atoms with Crippen LogP contribution in [0.3, 0.4) is 0 Å². The SMILES string of the molecule is COc1cc2c(c(CC(=O)Oc3ccccc3)c1)N(C(=O)c1ccccc1F)C(=O)CC2. The van der Waals surface area contributed by atoms with Crippen LogP contribution in [0.5, 0.6) is 11.5 Å². The topological polar surface area (TPSA) is 72.9 Å². The molecule has 0 aliphatic carbocycles. The first-order valence-electron chi connectivity index (χ1n) is 10.0. The van der Waals surface area contributed by atoms with Gasteiger partial charge in [0.1, 0.15) is 17.3 Å². The van der Waals surface area contributed by atoms with E-state index in [0.29, 0.717) is 29.0 Å². The molecule has 32 heavy (non-hydrogen) atoms. The fourth-order valence-corrected chi connectivity index (χ4v) is 3.72. The number of ether oxygens (including phenoxy) is 2. The molecule has 0 spiro atoms. The van der Waals surface area contributed by atoms with E-state index in [0.717, 1.165) is 11.0 Å². The van der Waals surface area contributed by atoms with E-state index < -0.39 is 23.6 Å². The van der Waals surface area contributed by atoms with Crippen LogP contribution in [-0.2, 0) is 22.4 Å². The van der Waals surface area contributed by atoms with E-state index in [9.17, 15) is 18.8 Å². The van der Waals surface area contributed by atoms with Gasteiger partial charge in [-0.1, -0.05) is 30.3 Å². The van der Waals surface area contributed by atoms with Crippen molar-refractivity contribution < 1.29 is 28.2 Å². The molecule has 0 unspecified atom stereocenters. The molecule has 1 aliphatic rings. The third-order valence-corrected chi connectivity index (χ3v) is 5.18. The number of halogens is 1. The summed E-state index contributed by atoms with van der Waals surface area (Å²) in [6.45, 7) is 0. The Kier molecular flexibility index (Phi) is 5.98. The first-order valence-corrected chi connectivity index (χ1v) is 10.0. The van der Waals surface area contributed by atoms with Crippen LogP contribution in [0.15, 0.2) is 66.7 Å². The number of anilines is 1. The van der Waals surface area contributed by atoms with E-state index in [1.807, 2.05) is 0 Å². The molecule has 3 aromatic rings. The fourth-order valence-electron chi connectivity index (χ4n) is 3.72. The van der Waals surface area contributed by atoms with Crippen molar-refractivity contribution in [2.45, 2.75) is 19.3 Å². The summed E-state index contributed by atoms with van der Waals surface area (Å²) in [5, 5.41) is 0. The number of esters is 1. The number of hydrogen-bond acceptors (Lipinski definition) is 5. The highest BCUT2D eigenvalue weighted by Gasteiger charge is 2.34. The molecule has 0 N–H and O–H groups in total. The standard InChI is InChI=1S/C25H20FNO5/c1-31-19-13-16-11-12-22(28)27(25(30)20-9-5-6-10-21(20)26)24(16)17(14-19)15-23(29)32-18-7-3-2-4-8-18/h2-10,13-14H,11-12,15H2,1H3. The monoisotopic (exact) mass is 433 g/mol. The van der Waals surface area contributed by atoms with E-state index in [2.05, 4.69) is 0 Å². The van der Waals surface area contributed by atoms with Crippen molar-refractivity contribution in [3.05, 3.63) is 89.2 Å². The van der Waals surface area contributed by atoms with Gasteiger partial charge in [-0.25, -0.2) is 9.29 Å². The second kappa shape index (κ2) is 9.01. The van der Waals surface area contributed by atoms with E-state index in [-0.39, 0.29) is 24.1 Å². The number of fused-ring (bicyclic) bond motifs is 1. The molecule has 0 aromatic heterocycles. The Bertz CT molecular complexity index is 1190. The van der Waals surface area contributed by atoms with Gasteiger partial charge in [-0.05, 0) is 53.9 Å². The van der Waals surface area contributed by atoms with Gasteiger partial charge < -0.3 is 9.47 Å². The number of amides is 2. The molecule has 0 bridgehead atoms. The number of rotatable bonds is 5. The lowest BCUT2D eigenvalue weighted by Gasteiger charge is -2.30. The number of carbonyl (C=O) groups excluding carboxylic acids is 3. The Morgan fingerprint density at radius 2 is 1.69 bits per heavy atom. The summed E-state index contributed by atoms with van der Waals surface area (Å²) in [4.78, 5) is 39.6. The van der Waals surface area contributed by atoms with E-state index >= 15 is 0 Å².